The Morgan fingerprint density at radius 2 is 2.00 bits per heavy atom. The third-order valence-corrected chi connectivity index (χ3v) is 3.33. The highest BCUT2D eigenvalue weighted by Crippen LogP contribution is 2.18. The number of nitrogens with zero attached hydrogens (tertiary/aromatic N) is 1. The zero-order chi connectivity index (χ0) is 12.4. The molecule has 1 aliphatic rings. The van der Waals surface area contributed by atoms with Crippen LogP contribution < -0.4 is 5.32 Å². The lowest BCUT2D eigenvalue weighted by molar-refractivity contribution is 0.0929. The van der Waals surface area contributed by atoms with E-state index in [4.69, 9.17) is 0 Å². The molecule has 1 heterocycles. The Bertz CT molecular complexity index is 442. The minimum absolute atomic E-state index is 0.0134. The summed E-state index contributed by atoms with van der Waals surface area (Å²) in [6, 6.07) is 1.96. The van der Waals surface area contributed by atoms with Crippen molar-refractivity contribution < 1.29 is 9.59 Å². The van der Waals surface area contributed by atoms with Crippen molar-refractivity contribution in [2.75, 3.05) is 0 Å². The number of hydrogen-bond acceptors (Lipinski definition) is 2. The molecule has 4 nitrogen and oxygen atoms in total. The maximum atomic E-state index is 12.0. The Morgan fingerprint density at radius 3 is 2.53 bits per heavy atom. The average molecular weight is 234 g/mol. The van der Waals surface area contributed by atoms with Gasteiger partial charge in [-0.3, -0.25) is 9.59 Å². The van der Waals surface area contributed by atoms with Crippen molar-refractivity contribution >= 4 is 11.7 Å². The van der Waals surface area contributed by atoms with E-state index in [1.54, 1.807) is 23.9 Å². The summed E-state index contributed by atoms with van der Waals surface area (Å²) in [5.74, 6) is -0.0904. The summed E-state index contributed by atoms with van der Waals surface area (Å²) in [5, 5.41) is 3.02. The SMILES string of the molecule is CC(=O)c1cc(C(=O)NC2CCCC2)n(C)c1. The topological polar surface area (TPSA) is 51.1 Å². The van der Waals surface area contributed by atoms with Gasteiger partial charge in [-0.25, -0.2) is 0 Å². The highest BCUT2D eigenvalue weighted by atomic mass is 16.2. The molecule has 1 aromatic heterocycles. The molecule has 1 aromatic rings. The number of amides is 1. The van der Waals surface area contributed by atoms with Gasteiger partial charge >= 0.3 is 0 Å². The Balaban J connectivity index is 2.10. The second-order valence-electron chi connectivity index (χ2n) is 4.74. The second-order valence-corrected chi connectivity index (χ2v) is 4.74. The molecule has 0 aromatic carbocycles. The lowest BCUT2D eigenvalue weighted by Crippen LogP contribution is -2.33. The standard InChI is InChI=1S/C13H18N2O2/c1-9(16)10-7-12(15(2)8-10)13(17)14-11-5-3-4-6-11/h7-8,11H,3-6H2,1-2H3,(H,14,17). The molecule has 1 fully saturated rings. The third kappa shape index (κ3) is 2.57. The van der Waals surface area contributed by atoms with Crippen molar-refractivity contribution in [3.8, 4) is 0 Å². The first-order chi connectivity index (χ1) is 8.08. The Hall–Kier alpha value is -1.58. The van der Waals surface area contributed by atoms with E-state index in [1.807, 2.05) is 0 Å². The van der Waals surface area contributed by atoms with Crippen LogP contribution in [0.25, 0.3) is 0 Å². The lowest BCUT2D eigenvalue weighted by atomic mass is 10.2. The van der Waals surface area contributed by atoms with Crippen molar-refractivity contribution in [2.45, 2.75) is 38.6 Å². The summed E-state index contributed by atoms with van der Waals surface area (Å²) >= 11 is 0. The van der Waals surface area contributed by atoms with Gasteiger partial charge in [0.1, 0.15) is 5.69 Å². The molecule has 1 aliphatic carbocycles. The van der Waals surface area contributed by atoms with E-state index in [1.165, 1.54) is 19.8 Å². The molecule has 0 radical (unpaired) electrons. The molecule has 17 heavy (non-hydrogen) atoms. The maximum Gasteiger partial charge on any atom is 0.268 e. The van der Waals surface area contributed by atoms with Gasteiger partial charge in [0.2, 0.25) is 0 Å². The summed E-state index contributed by atoms with van der Waals surface area (Å²) in [4.78, 5) is 23.2. The largest absolute Gasteiger partial charge is 0.348 e. The minimum Gasteiger partial charge on any atom is -0.348 e. The summed E-state index contributed by atoms with van der Waals surface area (Å²) in [7, 11) is 1.79. The van der Waals surface area contributed by atoms with Crippen LogP contribution in [0.2, 0.25) is 0 Å². The molecule has 0 saturated heterocycles. The third-order valence-electron chi connectivity index (χ3n) is 3.33. The van der Waals surface area contributed by atoms with Crippen LogP contribution >= 0.6 is 0 Å². The van der Waals surface area contributed by atoms with Crippen molar-refractivity contribution in [3.05, 3.63) is 23.5 Å². The zero-order valence-electron chi connectivity index (χ0n) is 10.3. The first-order valence-corrected chi connectivity index (χ1v) is 6.06. The second kappa shape index (κ2) is 4.73. The number of carbonyl (C=O) groups is 2. The van der Waals surface area contributed by atoms with E-state index in [9.17, 15) is 9.59 Å². The smallest absolute Gasteiger partial charge is 0.268 e. The number of rotatable bonds is 3. The quantitative estimate of drug-likeness (QED) is 0.812. The molecular weight excluding hydrogens is 216 g/mol. The fourth-order valence-corrected chi connectivity index (χ4v) is 2.31. The normalized spacial score (nSPS) is 16.1. The number of hydrogen-bond donors (Lipinski definition) is 1. The van der Waals surface area contributed by atoms with E-state index in [2.05, 4.69) is 5.32 Å². The van der Waals surface area contributed by atoms with Crippen LogP contribution in [0, 0.1) is 0 Å². The summed E-state index contributed by atoms with van der Waals surface area (Å²) < 4.78 is 1.71. The molecule has 92 valence electrons. The highest BCUT2D eigenvalue weighted by Gasteiger charge is 2.20. The van der Waals surface area contributed by atoms with E-state index in [0.717, 1.165) is 12.8 Å². The maximum absolute atomic E-state index is 12.0. The summed E-state index contributed by atoms with van der Waals surface area (Å²) in [6.07, 6.45) is 6.21. The number of nitrogens with one attached hydrogen (secondary N) is 1. The molecule has 2 rings (SSSR count). The van der Waals surface area contributed by atoms with Gasteiger partial charge < -0.3 is 9.88 Å². The molecule has 0 atom stereocenters. The van der Waals surface area contributed by atoms with Crippen LogP contribution in [-0.4, -0.2) is 22.3 Å². The van der Waals surface area contributed by atoms with Crippen LogP contribution in [0.4, 0.5) is 0 Å². The first-order valence-electron chi connectivity index (χ1n) is 6.06. The average Bonchev–Trinajstić information content (AvgIpc) is 2.86. The molecule has 0 unspecified atom stereocenters. The van der Waals surface area contributed by atoms with Gasteiger partial charge in [0.05, 0.1) is 0 Å². The van der Waals surface area contributed by atoms with Crippen molar-refractivity contribution in [3.63, 3.8) is 0 Å². The lowest BCUT2D eigenvalue weighted by Gasteiger charge is -2.11. The minimum atomic E-state index is -0.0769. The molecular formula is C13H18N2O2. The Labute approximate surface area is 101 Å². The summed E-state index contributed by atoms with van der Waals surface area (Å²) in [6.45, 7) is 1.51. The van der Waals surface area contributed by atoms with E-state index >= 15 is 0 Å². The van der Waals surface area contributed by atoms with E-state index < -0.39 is 0 Å². The molecule has 1 saturated carbocycles. The van der Waals surface area contributed by atoms with Crippen LogP contribution in [-0.2, 0) is 7.05 Å². The van der Waals surface area contributed by atoms with Crippen molar-refractivity contribution in [2.24, 2.45) is 7.05 Å². The van der Waals surface area contributed by atoms with Crippen LogP contribution in [0.15, 0.2) is 12.3 Å². The van der Waals surface area contributed by atoms with Gasteiger partial charge in [0.25, 0.3) is 5.91 Å². The van der Waals surface area contributed by atoms with Crippen LogP contribution in [0.5, 0.6) is 0 Å². The number of Topliss-reactive ketones (excluding diaryl/α,β-unsaturated/α-hetero) is 1. The van der Waals surface area contributed by atoms with Crippen LogP contribution in [0.1, 0.15) is 53.5 Å². The monoisotopic (exact) mass is 234 g/mol. The van der Waals surface area contributed by atoms with Gasteiger partial charge in [0.15, 0.2) is 5.78 Å². The van der Waals surface area contributed by atoms with Gasteiger partial charge in [-0.05, 0) is 25.8 Å². The molecule has 0 bridgehead atoms. The van der Waals surface area contributed by atoms with Gasteiger partial charge in [-0.1, -0.05) is 12.8 Å². The molecule has 1 amide bonds. The fourth-order valence-electron chi connectivity index (χ4n) is 2.31. The Kier molecular flexibility index (Phi) is 3.31. The number of aromatic nitrogens is 1. The first kappa shape index (κ1) is 11.9. The van der Waals surface area contributed by atoms with E-state index in [0.29, 0.717) is 17.3 Å². The molecule has 1 N–H and O–H groups in total. The highest BCUT2D eigenvalue weighted by molar-refractivity contribution is 5.99. The fraction of sp³-hybridized carbons (Fsp3) is 0.538. The Morgan fingerprint density at radius 1 is 1.35 bits per heavy atom. The van der Waals surface area contributed by atoms with E-state index in [-0.39, 0.29) is 11.7 Å². The predicted octanol–water partition coefficient (Wildman–Crippen LogP) is 1.90. The predicted molar refractivity (Wildman–Crippen MR) is 65.1 cm³/mol. The van der Waals surface area contributed by atoms with Crippen LogP contribution in [0.3, 0.4) is 0 Å². The number of aryl methyl sites for hydroxylation is 1. The van der Waals surface area contributed by atoms with Gasteiger partial charge in [0, 0.05) is 24.8 Å². The molecule has 4 heteroatoms. The summed E-state index contributed by atoms with van der Waals surface area (Å²) in [5.41, 5.74) is 1.14. The van der Waals surface area contributed by atoms with Crippen molar-refractivity contribution in [1.82, 2.24) is 9.88 Å². The molecule has 0 spiro atoms. The van der Waals surface area contributed by atoms with Crippen molar-refractivity contribution in [1.29, 1.82) is 0 Å². The number of ketones is 1. The van der Waals surface area contributed by atoms with Gasteiger partial charge in [-0.2, -0.15) is 0 Å². The molecule has 0 aliphatic heterocycles. The van der Waals surface area contributed by atoms with Gasteiger partial charge in [-0.15, -0.1) is 0 Å². The zero-order valence-corrected chi connectivity index (χ0v) is 10.3. The number of carbonyl (C=O) groups excluding carboxylic acids is 2.